The van der Waals surface area contributed by atoms with Crippen LogP contribution in [-0.2, 0) is 32.0 Å². The van der Waals surface area contributed by atoms with E-state index in [-0.39, 0.29) is 5.41 Å². The van der Waals surface area contributed by atoms with E-state index in [1.165, 1.54) is 11.3 Å². The molecule has 1 aliphatic rings. The van der Waals surface area contributed by atoms with Crippen molar-refractivity contribution >= 4 is 0 Å². The molecular formula is C18H27N5O. The van der Waals surface area contributed by atoms with Crippen molar-refractivity contribution in [1.29, 1.82) is 0 Å². The molecule has 1 aliphatic heterocycles. The standard InChI is InChI=1S/C18H27N5O/c1-12-14(16(24-6)22(5)21-12)11-23-8-7-15-13(10-23)9-19-17(20-15)18(2,3)4/h9H,7-8,10-11H2,1-6H3. The van der Waals surface area contributed by atoms with Crippen LogP contribution in [-0.4, -0.2) is 38.3 Å². The van der Waals surface area contributed by atoms with Crippen LogP contribution in [0, 0.1) is 6.92 Å². The van der Waals surface area contributed by atoms with Gasteiger partial charge in [0.1, 0.15) is 5.82 Å². The van der Waals surface area contributed by atoms with E-state index in [1.807, 2.05) is 20.2 Å². The Bertz CT molecular complexity index is 745. The molecule has 0 bridgehead atoms. The minimum absolute atomic E-state index is 0.00759. The second kappa shape index (κ2) is 6.16. The molecule has 0 amide bonds. The van der Waals surface area contributed by atoms with Gasteiger partial charge in [0, 0.05) is 56.0 Å². The molecule has 0 saturated heterocycles. The summed E-state index contributed by atoms with van der Waals surface area (Å²) in [5.41, 5.74) is 4.61. The van der Waals surface area contributed by atoms with E-state index in [0.29, 0.717) is 0 Å². The van der Waals surface area contributed by atoms with Crippen molar-refractivity contribution in [2.75, 3.05) is 13.7 Å². The molecule has 0 saturated carbocycles. The Morgan fingerprint density at radius 3 is 2.71 bits per heavy atom. The van der Waals surface area contributed by atoms with Crippen molar-refractivity contribution in [3.8, 4) is 5.88 Å². The van der Waals surface area contributed by atoms with Crippen molar-refractivity contribution < 1.29 is 4.74 Å². The Labute approximate surface area is 143 Å². The molecule has 6 nitrogen and oxygen atoms in total. The van der Waals surface area contributed by atoms with Crippen molar-refractivity contribution in [3.05, 3.63) is 34.5 Å². The molecule has 2 aromatic rings. The van der Waals surface area contributed by atoms with Gasteiger partial charge in [0.25, 0.3) is 0 Å². The van der Waals surface area contributed by atoms with E-state index in [0.717, 1.165) is 49.0 Å². The quantitative estimate of drug-likeness (QED) is 0.865. The predicted octanol–water partition coefficient (Wildman–Crippen LogP) is 2.38. The monoisotopic (exact) mass is 329 g/mol. The van der Waals surface area contributed by atoms with Gasteiger partial charge in [-0.2, -0.15) is 5.10 Å². The van der Waals surface area contributed by atoms with Crippen molar-refractivity contribution in [2.45, 2.75) is 52.6 Å². The maximum Gasteiger partial charge on any atom is 0.216 e. The largest absolute Gasteiger partial charge is 0.481 e. The zero-order valence-corrected chi connectivity index (χ0v) is 15.6. The summed E-state index contributed by atoms with van der Waals surface area (Å²) in [6, 6.07) is 0. The van der Waals surface area contributed by atoms with Gasteiger partial charge in [-0.1, -0.05) is 20.8 Å². The average Bonchev–Trinajstić information content (AvgIpc) is 2.79. The maximum atomic E-state index is 5.51. The number of fused-ring (bicyclic) bond motifs is 1. The maximum absolute atomic E-state index is 5.51. The normalized spacial score (nSPS) is 15.4. The molecule has 0 unspecified atom stereocenters. The van der Waals surface area contributed by atoms with Gasteiger partial charge in [0.05, 0.1) is 18.4 Å². The number of aromatic nitrogens is 4. The second-order valence-corrected chi connectivity index (χ2v) is 7.57. The van der Waals surface area contributed by atoms with E-state index in [1.54, 1.807) is 11.8 Å². The Balaban J connectivity index is 1.79. The number of rotatable bonds is 3. The van der Waals surface area contributed by atoms with E-state index in [9.17, 15) is 0 Å². The molecule has 0 aromatic carbocycles. The Morgan fingerprint density at radius 1 is 1.29 bits per heavy atom. The highest BCUT2D eigenvalue weighted by atomic mass is 16.5. The van der Waals surface area contributed by atoms with Crippen LogP contribution in [0.15, 0.2) is 6.20 Å². The van der Waals surface area contributed by atoms with Crippen LogP contribution in [0.25, 0.3) is 0 Å². The van der Waals surface area contributed by atoms with Crippen molar-refractivity contribution in [2.24, 2.45) is 7.05 Å². The summed E-state index contributed by atoms with van der Waals surface area (Å²) in [6.07, 6.45) is 2.96. The molecular weight excluding hydrogens is 302 g/mol. The highest BCUT2D eigenvalue weighted by molar-refractivity contribution is 5.31. The van der Waals surface area contributed by atoms with Gasteiger partial charge in [-0.05, 0) is 6.92 Å². The Morgan fingerprint density at radius 2 is 2.04 bits per heavy atom. The molecule has 0 aliphatic carbocycles. The summed E-state index contributed by atoms with van der Waals surface area (Å²) in [5.74, 6) is 1.78. The molecule has 0 fully saturated rings. The number of nitrogens with zero attached hydrogens (tertiary/aromatic N) is 5. The second-order valence-electron chi connectivity index (χ2n) is 7.57. The van der Waals surface area contributed by atoms with Crippen LogP contribution in [0.2, 0.25) is 0 Å². The minimum Gasteiger partial charge on any atom is -0.481 e. The van der Waals surface area contributed by atoms with E-state index < -0.39 is 0 Å². The molecule has 24 heavy (non-hydrogen) atoms. The molecule has 3 rings (SSSR count). The third-order valence-electron chi connectivity index (χ3n) is 4.55. The van der Waals surface area contributed by atoms with Gasteiger partial charge in [0.15, 0.2) is 0 Å². The van der Waals surface area contributed by atoms with Gasteiger partial charge < -0.3 is 4.74 Å². The molecule has 0 radical (unpaired) electrons. The highest BCUT2D eigenvalue weighted by Crippen LogP contribution is 2.26. The first-order valence-corrected chi connectivity index (χ1v) is 8.43. The first-order valence-electron chi connectivity index (χ1n) is 8.43. The van der Waals surface area contributed by atoms with Crippen LogP contribution in [0.3, 0.4) is 0 Å². The molecule has 3 heterocycles. The SMILES string of the molecule is COc1c(CN2CCc3nc(C(C)(C)C)ncc3C2)c(C)nn1C. The van der Waals surface area contributed by atoms with Gasteiger partial charge >= 0.3 is 0 Å². The zero-order valence-electron chi connectivity index (χ0n) is 15.6. The molecule has 0 spiro atoms. The van der Waals surface area contributed by atoms with Gasteiger partial charge in [-0.25, -0.2) is 14.6 Å². The fraction of sp³-hybridized carbons (Fsp3) is 0.611. The molecule has 2 aromatic heterocycles. The van der Waals surface area contributed by atoms with Gasteiger partial charge in [-0.15, -0.1) is 0 Å². The molecule has 130 valence electrons. The van der Waals surface area contributed by atoms with Crippen molar-refractivity contribution in [1.82, 2.24) is 24.6 Å². The lowest BCUT2D eigenvalue weighted by molar-refractivity contribution is 0.237. The lowest BCUT2D eigenvalue weighted by Crippen LogP contribution is -2.32. The Kier molecular flexibility index (Phi) is 4.34. The number of hydrogen-bond donors (Lipinski definition) is 0. The molecule has 0 atom stereocenters. The number of aryl methyl sites for hydroxylation is 2. The summed E-state index contributed by atoms with van der Waals surface area (Å²) in [5, 5.41) is 4.47. The van der Waals surface area contributed by atoms with E-state index >= 15 is 0 Å². The smallest absolute Gasteiger partial charge is 0.216 e. The lowest BCUT2D eigenvalue weighted by Gasteiger charge is -2.29. The van der Waals surface area contributed by atoms with Crippen LogP contribution in [0.5, 0.6) is 5.88 Å². The van der Waals surface area contributed by atoms with Crippen LogP contribution in [0.4, 0.5) is 0 Å². The predicted molar refractivity (Wildman–Crippen MR) is 93.0 cm³/mol. The minimum atomic E-state index is -0.00759. The third kappa shape index (κ3) is 3.15. The van der Waals surface area contributed by atoms with E-state index in [2.05, 4.69) is 35.8 Å². The van der Waals surface area contributed by atoms with Gasteiger partial charge in [0.2, 0.25) is 5.88 Å². The summed E-state index contributed by atoms with van der Waals surface area (Å²) >= 11 is 0. The van der Waals surface area contributed by atoms with Crippen LogP contribution in [0.1, 0.15) is 49.1 Å². The lowest BCUT2D eigenvalue weighted by atomic mass is 9.95. The first-order chi connectivity index (χ1) is 11.3. The summed E-state index contributed by atoms with van der Waals surface area (Å²) < 4.78 is 7.32. The number of methoxy groups -OCH3 is 1. The average molecular weight is 329 g/mol. The topological polar surface area (TPSA) is 56.1 Å². The van der Waals surface area contributed by atoms with Crippen LogP contribution < -0.4 is 4.74 Å². The fourth-order valence-electron chi connectivity index (χ4n) is 3.21. The molecule has 0 N–H and O–H groups in total. The van der Waals surface area contributed by atoms with Gasteiger partial charge in [-0.3, -0.25) is 4.90 Å². The number of hydrogen-bond acceptors (Lipinski definition) is 5. The summed E-state index contributed by atoms with van der Waals surface area (Å²) in [7, 11) is 3.62. The Hall–Kier alpha value is -1.95. The van der Waals surface area contributed by atoms with E-state index in [4.69, 9.17) is 9.72 Å². The molecule has 6 heteroatoms. The first kappa shape index (κ1) is 16.9. The highest BCUT2D eigenvalue weighted by Gasteiger charge is 2.24. The number of ether oxygens (including phenoxy) is 1. The van der Waals surface area contributed by atoms with Crippen molar-refractivity contribution in [3.63, 3.8) is 0 Å². The fourth-order valence-corrected chi connectivity index (χ4v) is 3.21. The summed E-state index contributed by atoms with van der Waals surface area (Å²) in [6.45, 7) is 11.2. The summed E-state index contributed by atoms with van der Waals surface area (Å²) in [4.78, 5) is 11.8. The van der Waals surface area contributed by atoms with Crippen LogP contribution >= 0.6 is 0 Å². The third-order valence-corrected chi connectivity index (χ3v) is 4.55. The zero-order chi connectivity index (χ0) is 17.5.